The Balaban J connectivity index is 2.25. The van der Waals surface area contributed by atoms with Crippen molar-refractivity contribution in [1.82, 2.24) is 0 Å². The normalized spacial score (nSPS) is 16.4. The number of carbonyl (C=O) groups is 1. The van der Waals surface area contributed by atoms with Crippen LogP contribution >= 0.6 is 15.9 Å². The third-order valence-corrected chi connectivity index (χ3v) is 3.80. The van der Waals surface area contributed by atoms with Gasteiger partial charge in [-0.1, -0.05) is 15.9 Å². The van der Waals surface area contributed by atoms with Crippen molar-refractivity contribution in [2.45, 2.75) is 31.2 Å². The lowest BCUT2D eigenvalue weighted by Gasteiger charge is -2.42. The summed E-state index contributed by atoms with van der Waals surface area (Å²) in [6.07, 6.45) is 2.77. The Morgan fingerprint density at radius 1 is 1.56 bits per heavy atom. The zero-order chi connectivity index (χ0) is 13.2. The topological polar surface area (TPSA) is 73.1 Å². The predicted octanol–water partition coefficient (Wildman–Crippen LogP) is 3.13. The molecular formula is C13H13BrN2O2. The molecule has 0 spiro atoms. The van der Waals surface area contributed by atoms with Crippen LogP contribution in [0.3, 0.4) is 0 Å². The minimum atomic E-state index is -0.810. The Morgan fingerprint density at radius 3 is 2.78 bits per heavy atom. The average Bonchev–Trinajstić information content (AvgIpc) is 2.26. The highest BCUT2D eigenvalue weighted by atomic mass is 79.9. The van der Waals surface area contributed by atoms with Gasteiger partial charge in [0, 0.05) is 10.0 Å². The maximum atomic E-state index is 10.9. The molecule has 1 saturated carbocycles. The van der Waals surface area contributed by atoms with E-state index in [1.165, 1.54) is 0 Å². The predicted molar refractivity (Wildman–Crippen MR) is 71.3 cm³/mol. The molecule has 0 radical (unpaired) electrons. The SMILES string of the molecule is N#Cc1ccc(Br)cc1NC1(CC(=O)O)CCC1. The first kappa shape index (κ1) is 12.9. The van der Waals surface area contributed by atoms with E-state index in [2.05, 4.69) is 27.3 Å². The fourth-order valence-electron chi connectivity index (χ4n) is 2.24. The number of halogens is 1. The molecule has 1 aliphatic rings. The molecule has 94 valence electrons. The second-order valence-electron chi connectivity index (χ2n) is 4.63. The van der Waals surface area contributed by atoms with Gasteiger partial charge in [0.15, 0.2) is 0 Å². The Hall–Kier alpha value is -1.54. The zero-order valence-electron chi connectivity index (χ0n) is 9.74. The highest BCUT2D eigenvalue weighted by molar-refractivity contribution is 9.10. The molecule has 1 aromatic rings. The summed E-state index contributed by atoms with van der Waals surface area (Å²) < 4.78 is 0.869. The van der Waals surface area contributed by atoms with Gasteiger partial charge in [-0.25, -0.2) is 0 Å². The molecule has 2 N–H and O–H groups in total. The highest BCUT2D eigenvalue weighted by Gasteiger charge is 2.39. The molecule has 18 heavy (non-hydrogen) atoms. The maximum Gasteiger partial charge on any atom is 0.305 e. The van der Waals surface area contributed by atoms with Gasteiger partial charge >= 0.3 is 5.97 Å². The third kappa shape index (κ3) is 2.65. The number of nitrogens with one attached hydrogen (secondary N) is 1. The van der Waals surface area contributed by atoms with E-state index in [1.54, 1.807) is 12.1 Å². The quantitative estimate of drug-likeness (QED) is 0.896. The molecule has 2 rings (SSSR count). The number of hydrogen-bond acceptors (Lipinski definition) is 3. The molecule has 1 aliphatic carbocycles. The summed E-state index contributed by atoms with van der Waals surface area (Å²) in [6.45, 7) is 0. The first-order chi connectivity index (χ1) is 8.54. The van der Waals surface area contributed by atoms with Crippen LogP contribution in [0.4, 0.5) is 5.69 Å². The number of nitriles is 1. The van der Waals surface area contributed by atoms with Crippen molar-refractivity contribution in [3.05, 3.63) is 28.2 Å². The summed E-state index contributed by atoms with van der Waals surface area (Å²) in [5.74, 6) is -0.810. The van der Waals surface area contributed by atoms with Crippen molar-refractivity contribution in [1.29, 1.82) is 5.26 Å². The standard InChI is InChI=1S/C13H13BrN2O2/c14-10-3-2-9(8-15)11(6-10)16-13(4-1-5-13)7-12(17)18/h2-3,6,16H,1,4-5,7H2,(H,17,18). The lowest BCUT2D eigenvalue weighted by Crippen LogP contribution is -2.46. The van der Waals surface area contributed by atoms with Gasteiger partial charge in [0.1, 0.15) is 6.07 Å². The molecule has 0 heterocycles. The van der Waals surface area contributed by atoms with Gasteiger partial charge in [0.25, 0.3) is 0 Å². The molecular weight excluding hydrogens is 296 g/mol. The summed E-state index contributed by atoms with van der Waals surface area (Å²) in [4.78, 5) is 10.9. The van der Waals surface area contributed by atoms with Crippen LogP contribution in [0.5, 0.6) is 0 Å². The van der Waals surface area contributed by atoms with Crippen molar-refractivity contribution in [3.8, 4) is 6.07 Å². The minimum Gasteiger partial charge on any atom is -0.481 e. The van der Waals surface area contributed by atoms with E-state index in [0.717, 1.165) is 23.7 Å². The van der Waals surface area contributed by atoms with E-state index >= 15 is 0 Å². The van der Waals surface area contributed by atoms with Gasteiger partial charge in [-0.05, 0) is 37.5 Å². The van der Waals surface area contributed by atoms with Crippen LogP contribution in [0.1, 0.15) is 31.2 Å². The van der Waals surface area contributed by atoms with E-state index in [0.29, 0.717) is 11.3 Å². The van der Waals surface area contributed by atoms with E-state index in [1.807, 2.05) is 6.07 Å². The van der Waals surface area contributed by atoms with E-state index < -0.39 is 11.5 Å². The van der Waals surface area contributed by atoms with Gasteiger partial charge in [0.05, 0.1) is 17.7 Å². The summed E-state index contributed by atoms with van der Waals surface area (Å²) in [7, 11) is 0. The fourth-order valence-corrected chi connectivity index (χ4v) is 2.60. The van der Waals surface area contributed by atoms with Crippen molar-refractivity contribution in [2.75, 3.05) is 5.32 Å². The Morgan fingerprint density at radius 2 is 2.28 bits per heavy atom. The fraction of sp³-hybridized carbons (Fsp3) is 0.385. The number of hydrogen-bond donors (Lipinski definition) is 2. The molecule has 0 atom stereocenters. The minimum absolute atomic E-state index is 0.0877. The Bertz CT molecular complexity index is 518. The van der Waals surface area contributed by atoms with Crippen LogP contribution < -0.4 is 5.32 Å². The second-order valence-corrected chi connectivity index (χ2v) is 5.55. The van der Waals surface area contributed by atoms with Gasteiger partial charge < -0.3 is 10.4 Å². The van der Waals surface area contributed by atoms with Crippen molar-refractivity contribution in [3.63, 3.8) is 0 Å². The molecule has 0 aliphatic heterocycles. The molecule has 0 saturated heterocycles. The number of anilines is 1. The van der Waals surface area contributed by atoms with E-state index in [4.69, 9.17) is 10.4 Å². The van der Waals surface area contributed by atoms with Crippen molar-refractivity contribution >= 4 is 27.6 Å². The summed E-state index contributed by atoms with van der Waals surface area (Å²) >= 11 is 3.36. The largest absolute Gasteiger partial charge is 0.481 e. The van der Waals surface area contributed by atoms with Crippen LogP contribution in [0.2, 0.25) is 0 Å². The molecule has 4 nitrogen and oxygen atoms in total. The monoisotopic (exact) mass is 308 g/mol. The lowest BCUT2D eigenvalue weighted by atomic mass is 9.74. The number of rotatable bonds is 4. The summed E-state index contributed by atoms with van der Waals surface area (Å²) in [6, 6.07) is 7.46. The number of carboxylic acid groups (broad SMARTS) is 1. The van der Waals surface area contributed by atoms with E-state index in [9.17, 15) is 4.79 Å². The smallest absolute Gasteiger partial charge is 0.305 e. The molecule has 0 amide bonds. The van der Waals surface area contributed by atoms with Crippen LogP contribution in [0.15, 0.2) is 22.7 Å². The van der Waals surface area contributed by atoms with Crippen LogP contribution in [0, 0.1) is 11.3 Å². The number of benzene rings is 1. The number of aliphatic carboxylic acids is 1. The Labute approximate surface area is 114 Å². The van der Waals surface area contributed by atoms with Crippen molar-refractivity contribution < 1.29 is 9.90 Å². The average molecular weight is 309 g/mol. The lowest BCUT2D eigenvalue weighted by molar-refractivity contribution is -0.138. The van der Waals surface area contributed by atoms with Crippen LogP contribution in [-0.2, 0) is 4.79 Å². The molecule has 1 fully saturated rings. The molecule has 0 unspecified atom stereocenters. The van der Waals surface area contributed by atoms with Crippen molar-refractivity contribution in [2.24, 2.45) is 0 Å². The molecule has 5 heteroatoms. The molecule has 0 bridgehead atoms. The van der Waals surface area contributed by atoms with Crippen LogP contribution in [0.25, 0.3) is 0 Å². The Kier molecular flexibility index (Phi) is 3.58. The highest BCUT2D eigenvalue weighted by Crippen LogP contribution is 2.39. The van der Waals surface area contributed by atoms with Gasteiger partial charge in [-0.3, -0.25) is 4.79 Å². The van der Waals surface area contributed by atoms with Crippen LogP contribution in [-0.4, -0.2) is 16.6 Å². The van der Waals surface area contributed by atoms with E-state index in [-0.39, 0.29) is 6.42 Å². The number of nitrogens with zero attached hydrogens (tertiary/aromatic N) is 1. The summed E-state index contributed by atoms with van der Waals surface area (Å²) in [5, 5.41) is 21.3. The molecule has 0 aromatic heterocycles. The van der Waals surface area contributed by atoms with Gasteiger partial charge in [-0.2, -0.15) is 5.26 Å². The van der Waals surface area contributed by atoms with Gasteiger partial charge in [0.2, 0.25) is 0 Å². The second kappa shape index (κ2) is 4.99. The number of carboxylic acids is 1. The third-order valence-electron chi connectivity index (χ3n) is 3.30. The first-order valence-corrected chi connectivity index (χ1v) is 6.54. The molecule has 1 aromatic carbocycles. The zero-order valence-corrected chi connectivity index (χ0v) is 11.3. The summed E-state index contributed by atoms with van der Waals surface area (Å²) in [5.41, 5.74) is 0.848. The maximum absolute atomic E-state index is 10.9. The van der Waals surface area contributed by atoms with Gasteiger partial charge in [-0.15, -0.1) is 0 Å². The first-order valence-electron chi connectivity index (χ1n) is 5.74.